The summed E-state index contributed by atoms with van der Waals surface area (Å²) in [5, 5.41) is 10.0. The van der Waals surface area contributed by atoms with Gasteiger partial charge in [-0.05, 0) is 43.2 Å². The maximum atomic E-state index is 13.5. The number of aliphatic hydroxyl groups is 1. The standard InChI is InChI=1S/C25H27NO6/c1-4-5-12-31-19-9-7-16(14-20(19)30-3)22-21-23(28)17-13-15(2)6-8-18(17)32-24(21)25(29)26(22)10-11-27/h6-9,13-14,22,27H,4-5,10-12H2,1-3H3/t22-/m0/s1. The van der Waals surface area contributed by atoms with E-state index in [1.807, 2.05) is 19.1 Å². The summed E-state index contributed by atoms with van der Waals surface area (Å²) >= 11 is 0. The lowest BCUT2D eigenvalue weighted by molar-refractivity contribution is 0.0691. The van der Waals surface area contributed by atoms with Gasteiger partial charge in [-0.15, -0.1) is 0 Å². The van der Waals surface area contributed by atoms with Gasteiger partial charge in [-0.25, -0.2) is 0 Å². The number of unbranched alkanes of at least 4 members (excludes halogenated alkanes) is 1. The van der Waals surface area contributed by atoms with Gasteiger partial charge in [-0.3, -0.25) is 9.59 Å². The monoisotopic (exact) mass is 437 g/mol. The van der Waals surface area contributed by atoms with Crippen LogP contribution in [0.2, 0.25) is 0 Å². The average molecular weight is 437 g/mol. The third-order valence-corrected chi connectivity index (χ3v) is 5.72. The number of benzene rings is 2. The van der Waals surface area contributed by atoms with Gasteiger partial charge in [0, 0.05) is 6.54 Å². The number of carbonyl (C=O) groups excluding carboxylic acids is 1. The molecule has 7 nitrogen and oxygen atoms in total. The number of amides is 1. The molecule has 1 aliphatic heterocycles. The second-order valence-corrected chi connectivity index (χ2v) is 7.91. The third kappa shape index (κ3) is 3.73. The highest BCUT2D eigenvalue weighted by molar-refractivity contribution is 5.99. The number of fused-ring (bicyclic) bond motifs is 2. The van der Waals surface area contributed by atoms with E-state index < -0.39 is 11.9 Å². The SMILES string of the molecule is CCCCOc1ccc([C@H]2c3c(oc4ccc(C)cc4c3=O)C(=O)N2CCO)cc1OC. The third-order valence-electron chi connectivity index (χ3n) is 5.72. The minimum Gasteiger partial charge on any atom is -0.493 e. The Kier molecular flexibility index (Phi) is 6.19. The Balaban J connectivity index is 1.86. The van der Waals surface area contributed by atoms with Crippen molar-refractivity contribution in [3.63, 3.8) is 0 Å². The molecule has 3 aromatic rings. The molecule has 1 amide bonds. The minimum absolute atomic E-state index is 0.0204. The summed E-state index contributed by atoms with van der Waals surface area (Å²) in [7, 11) is 1.55. The molecule has 4 rings (SSSR count). The van der Waals surface area contributed by atoms with Crippen LogP contribution in [0.15, 0.2) is 45.6 Å². The van der Waals surface area contributed by atoms with Gasteiger partial charge in [0.15, 0.2) is 16.9 Å². The molecule has 0 saturated heterocycles. The number of aryl methyl sites for hydroxylation is 1. The minimum atomic E-state index is -0.690. The zero-order valence-corrected chi connectivity index (χ0v) is 18.5. The zero-order valence-electron chi connectivity index (χ0n) is 18.5. The summed E-state index contributed by atoms with van der Waals surface area (Å²) in [6.45, 7) is 4.39. The highest BCUT2D eigenvalue weighted by Crippen LogP contribution is 2.40. The van der Waals surface area contributed by atoms with Crippen LogP contribution in [-0.2, 0) is 0 Å². The fraction of sp³-hybridized carbons (Fsp3) is 0.360. The molecule has 2 heterocycles. The number of rotatable bonds is 8. The predicted octanol–water partition coefficient (Wildman–Crippen LogP) is 3.83. The van der Waals surface area contributed by atoms with E-state index in [1.54, 1.807) is 31.4 Å². The maximum Gasteiger partial charge on any atom is 0.290 e. The van der Waals surface area contributed by atoms with Crippen molar-refractivity contribution in [2.75, 3.05) is 26.9 Å². The molecule has 0 saturated carbocycles. The summed E-state index contributed by atoms with van der Waals surface area (Å²) < 4.78 is 17.2. The van der Waals surface area contributed by atoms with Crippen molar-refractivity contribution in [1.82, 2.24) is 4.90 Å². The Morgan fingerprint density at radius 2 is 1.94 bits per heavy atom. The molecule has 1 aliphatic rings. The fourth-order valence-electron chi connectivity index (χ4n) is 4.12. The van der Waals surface area contributed by atoms with Crippen LogP contribution in [0, 0.1) is 6.92 Å². The van der Waals surface area contributed by atoms with Crippen LogP contribution >= 0.6 is 0 Å². The topological polar surface area (TPSA) is 89.2 Å². The summed E-state index contributed by atoms with van der Waals surface area (Å²) in [6.07, 6.45) is 1.94. The van der Waals surface area contributed by atoms with E-state index >= 15 is 0 Å². The summed E-state index contributed by atoms with van der Waals surface area (Å²) in [5.41, 5.74) is 2.02. The van der Waals surface area contributed by atoms with Gasteiger partial charge in [-0.2, -0.15) is 0 Å². The molecule has 0 unspecified atom stereocenters. The van der Waals surface area contributed by atoms with Gasteiger partial charge in [0.05, 0.1) is 37.3 Å². The lowest BCUT2D eigenvalue weighted by atomic mass is 9.97. The molecular formula is C25H27NO6. The van der Waals surface area contributed by atoms with Crippen molar-refractivity contribution in [3.05, 3.63) is 69.1 Å². The molecule has 168 valence electrons. The normalized spacial score (nSPS) is 15.3. The van der Waals surface area contributed by atoms with Crippen molar-refractivity contribution >= 4 is 16.9 Å². The predicted molar refractivity (Wildman–Crippen MR) is 121 cm³/mol. The Labute approximate surface area is 186 Å². The summed E-state index contributed by atoms with van der Waals surface area (Å²) in [4.78, 5) is 28.1. The van der Waals surface area contributed by atoms with Crippen LogP contribution < -0.4 is 14.9 Å². The molecule has 1 N–H and O–H groups in total. The number of aliphatic hydroxyl groups excluding tert-OH is 1. The smallest absolute Gasteiger partial charge is 0.290 e. The van der Waals surface area contributed by atoms with Crippen LogP contribution in [0.1, 0.15) is 53.1 Å². The first-order chi connectivity index (χ1) is 15.5. The Morgan fingerprint density at radius 1 is 1.12 bits per heavy atom. The van der Waals surface area contributed by atoms with Gasteiger partial charge in [-0.1, -0.05) is 31.0 Å². The molecule has 0 fully saturated rings. The first-order valence-electron chi connectivity index (χ1n) is 10.8. The van der Waals surface area contributed by atoms with Crippen LogP contribution in [0.25, 0.3) is 11.0 Å². The van der Waals surface area contributed by atoms with E-state index in [9.17, 15) is 14.7 Å². The molecule has 2 aromatic carbocycles. The van der Waals surface area contributed by atoms with E-state index in [4.69, 9.17) is 13.9 Å². The van der Waals surface area contributed by atoms with Gasteiger partial charge in [0.2, 0.25) is 5.76 Å². The van der Waals surface area contributed by atoms with Crippen LogP contribution in [0.3, 0.4) is 0 Å². The molecule has 1 aromatic heterocycles. The first kappa shape index (κ1) is 21.9. The number of nitrogens with zero attached hydrogens (tertiary/aromatic N) is 1. The van der Waals surface area contributed by atoms with Crippen molar-refractivity contribution in [2.45, 2.75) is 32.7 Å². The van der Waals surface area contributed by atoms with Crippen LogP contribution in [-0.4, -0.2) is 42.8 Å². The van der Waals surface area contributed by atoms with E-state index in [0.717, 1.165) is 18.4 Å². The van der Waals surface area contributed by atoms with E-state index in [-0.39, 0.29) is 29.9 Å². The molecule has 0 spiro atoms. The maximum absolute atomic E-state index is 13.5. The number of β-amino-alcohol motifs (C(OH)–C–C–N with tert-alkyl or cyclic N) is 1. The van der Waals surface area contributed by atoms with Gasteiger partial charge in [0.1, 0.15) is 5.58 Å². The lowest BCUT2D eigenvalue weighted by Crippen LogP contribution is -2.32. The van der Waals surface area contributed by atoms with Gasteiger partial charge in [0.25, 0.3) is 5.91 Å². The molecule has 0 radical (unpaired) electrons. The van der Waals surface area contributed by atoms with Crippen molar-refractivity contribution in [2.24, 2.45) is 0 Å². The highest BCUT2D eigenvalue weighted by atomic mass is 16.5. The first-order valence-corrected chi connectivity index (χ1v) is 10.8. The fourth-order valence-corrected chi connectivity index (χ4v) is 4.12. The Morgan fingerprint density at radius 3 is 2.66 bits per heavy atom. The highest BCUT2D eigenvalue weighted by Gasteiger charge is 2.42. The van der Waals surface area contributed by atoms with Crippen LogP contribution in [0.4, 0.5) is 0 Å². The van der Waals surface area contributed by atoms with Gasteiger partial charge >= 0.3 is 0 Å². The molecular weight excluding hydrogens is 410 g/mol. The zero-order chi connectivity index (χ0) is 22.8. The van der Waals surface area contributed by atoms with Crippen molar-refractivity contribution in [1.29, 1.82) is 0 Å². The summed E-state index contributed by atoms with van der Waals surface area (Å²) in [5.74, 6) is 0.724. The molecule has 32 heavy (non-hydrogen) atoms. The van der Waals surface area contributed by atoms with Gasteiger partial charge < -0.3 is 23.9 Å². The molecule has 7 heteroatoms. The largest absolute Gasteiger partial charge is 0.493 e. The summed E-state index contributed by atoms with van der Waals surface area (Å²) in [6, 6.07) is 10.00. The lowest BCUT2D eigenvalue weighted by Gasteiger charge is -2.25. The van der Waals surface area contributed by atoms with Crippen molar-refractivity contribution in [3.8, 4) is 11.5 Å². The van der Waals surface area contributed by atoms with Crippen molar-refractivity contribution < 1.29 is 23.8 Å². The van der Waals surface area contributed by atoms with E-state index in [1.165, 1.54) is 4.90 Å². The Bertz CT molecular complexity index is 1220. The van der Waals surface area contributed by atoms with E-state index in [0.29, 0.717) is 34.6 Å². The quantitative estimate of drug-likeness (QED) is 0.539. The van der Waals surface area contributed by atoms with E-state index in [2.05, 4.69) is 6.92 Å². The number of ether oxygens (including phenoxy) is 2. The number of hydrogen-bond acceptors (Lipinski definition) is 6. The average Bonchev–Trinajstić information content (AvgIpc) is 3.07. The Hall–Kier alpha value is -3.32. The number of hydrogen-bond donors (Lipinski definition) is 1. The molecule has 1 atom stereocenters. The number of methoxy groups -OCH3 is 1. The second-order valence-electron chi connectivity index (χ2n) is 7.91. The molecule has 0 bridgehead atoms. The number of carbonyl (C=O) groups is 1. The second kappa shape index (κ2) is 9.04. The molecule has 0 aliphatic carbocycles. The van der Waals surface area contributed by atoms with Crippen LogP contribution in [0.5, 0.6) is 11.5 Å².